The largest absolute Gasteiger partial charge is 0.468 e. The smallest absolute Gasteiger partial charge is 0.321 e. The van der Waals surface area contributed by atoms with Crippen molar-refractivity contribution in [2.75, 3.05) is 7.11 Å². The van der Waals surface area contributed by atoms with Crippen molar-refractivity contribution in [3.8, 4) is 0 Å². The van der Waals surface area contributed by atoms with Crippen molar-refractivity contribution in [2.24, 2.45) is 17.8 Å². The molecule has 1 fully saturated rings. The summed E-state index contributed by atoms with van der Waals surface area (Å²) in [5.41, 5.74) is -0.441. The van der Waals surface area contributed by atoms with E-state index in [1.165, 1.54) is 7.11 Å². The predicted molar refractivity (Wildman–Crippen MR) is 88.7 cm³/mol. The molecule has 1 saturated heterocycles. The average molecular weight is 353 g/mol. The summed E-state index contributed by atoms with van der Waals surface area (Å²) in [4.78, 5) is 37.2. The number of methoxy groups -OCH3 is 1. The first kappa shape index (κ1) is 18.5. The lowest BCUT2D eigenvalue weighted by atomic mass is 9.70. The van der Waals surface area contributed by atoms with Crippen LogP contribution in [0.4, 0.5) is 0 Å². The van der Waals surface area contributed by atoms with E-state index in [0.29, 0.717) is 17.0 Å². The third kappa shape index (κ3) is 3.31. The number of rotatable bonds is 5. The lowest BCUT2D eigenvalue weighted by molar-refractivity contribution is -0.156. The number of benzene rings is 1. The number of hydrogen-bond donors (Lipinski definition) is 0. The molecule has 0 saturated carbocycles. The Bertz CT molecular complexity index is 650. The number of cyclic esters (lactones) is 1. The average Bonchev–Trinajstić information content (AvgIpc) is 2.77. The molecule has 0 bridgehead atoms. The van der Waals surface area contributed by atoms with E-state index in [1.807, 2.05) is 6.92 Å². The molecule has 1 aromatic carbocycles. The van der Waals surface area contributed by atoms with Crippen molar-refractivity contribution in [2.45, 2.75) is 32.8 Å². The number of halogens is 1. The highest BCUT2D eigenvalue weighted by molar-refractivity contribution is 6.30. The van der Waals surface area contributed by atoms with Crippen LogP contribution in [0.5, 0.6) is 0 Å². The number of Topliss-reactive ketones (excluding diaryl/α,β-unsaturated/α-hetero) is 1. The van der Waals surface area contributed by atoms with Gasteiger partial charge in [0.2, 0.25) is 0 Å². The van der Waals surface area contributed by atoms with Crippen LogP contribution in [0, 0.1) is 17.8 Å². The van der Waals surface area contributed by atoms with Gasteiger partial charge in [-0.25, -0.2) is 0 Å². The summed E-state index contributed by atoms with van der Waals surface area (Å²) in [5.74, 6) is -3.68. The quantitative estimate of drug-likeness (QED) is 0.462. The van der Waals surface area contributed by atoms with E-state index in [1.54, 1.807) is 38.1 Å². The Morgan fingerprint density at radius 3 is 2.38 bits per heavy atom. The molecular formula is C18H21ClO5. The number of hydrogen-bond acceptors (Lipinski definition) is 5. The third-order valence-electron chi connectivity index (χ3n) is 4.57. The minimum atomic E-state index is -1.09. The molecule has 24 heavy (non-hydrogen) atoms. The second-order valence-corrected chi connectivity index (χ2v) is 6.87. The van der Waals surface area contributed by atoms with Gasteiger partial charge in [-0.3, -0.25) is 14.4 Å². The lowest BCUT2D eigenvalue weighted by Gasteiger charge is -2.32. The monoisotopic (exact) mass is 352 g/mol. The van der Waals surface area contributed by atoms with E-state index in [4.69, 9.17) is 21.1 Å². The number of esters is 2. The Balaban J connectivity index is 2.42. The second-order valence-electron chi connectivity index (χ2n) is 6.44. The maximum absolute atomic E-state index is 13.0. The van der Waals surface area contributed by atoms with Gasteiger partial charge in [-0.1, -0.05) is 18.5 Å². The van der Waals surface area contributed by atoms with Crippen molar-refractivity contribution in [3.05, 3.63) is 34.9 Å². The molecule has 0 aliphatic carbocycles. The SMILES string of the molecule is CC[C@@H](C(=O)c1ccc(Cl)cc1)[C@@H]1[C@H](C(=O)OC)C(=O)OC1(C)C. The highest BCUT2D eigenvalue weighted by Crippen LogP contribution is 2.44. The van der Waals surface area contributed by atoms with Crippen LogP contribution in [-0.4, -0.2) is 30.4 Å². The van der Waals surface area contributed by atoms with E-state index < -0.39 is 35.3 Å². The maximum Gasteiger partial charge on any atom is 0.321 e. The molecule has 1 aliphatic rings. The number of ether oxygens (including phenoxy) is 2. The first-order valence-electron chi connectivity index (χ1n) is 7.83. The lowest BCUT2D eigenvalue weighted by Crippen LogP contribution is -2.42. The Labute approximate surface area is 146 Å². The highest BCUT2D eigenvalue weighted by Gasteiger charge is 2.57. The fourth-order valence-electron chi connectivity index (χ4n) is 3.46. The van der Waals surface area contributed by atoms with Gasteiger partial charge in [0.05, 0.1) is 7.11 Å². The van der Waals surface area contributed by atoms with Crippen LogP contribution in [0.15, 0.2) is 24.3 Å². The predicted octanol–water partition coefficient (Wildman–Crippen LogP) is 3.29. The Kier molecular flexibility index (Phi) is 5.33. The van der Waals surface area contributed by atoms with E-state index in [9.17, 15) is 14.4 Å². The normalized spacial score (nSPS) is 23.5. The molecule has 1 heterocycles. The second kappa shape index (κ2) is 6.93. The fourth-order valence-corrected chi connectivity index (χ4v) is 3.58. The molecule has 0 spiro atoms. The van der Waals surface area contributed by atoms with Gasteiger partial charge < -0.3 is 9.47 Å². The molecule has 5 nitrogen and oxygen atoms in total. The summed E-state index contributed by atoms with van der Waals surface area (Å²) in [6.07, 6.45) is 0.472. The Hall–Kier alpha value is -1.88. The molecule has 6 heteroatoms. The minimum absolute atomic E-state index is 0.139. The van der Waals surface area contributed by atoms with Gasteiger partial charge in [0.25, 0.3) is 0 Å². The molecule has 0 radical (unpaired) electrons. The van der Waals surface area contributed by atoms with Crippen molar-refractivity contribution in [1.29, 1.82) is 0 Å². The number of ketones is 1. The fraction of sp³-hybridized carbons (Fsp3) is 0.500. The molecule has 0 unspecified atom stereocenters. The molecule has 0 aromatic heterocycles. The molecular weight excluding hydrogens is 332 g/mol. The van der Waals surface area contributed by atoms with Crippen LogP contribution in [0.25, 0.3) is 0 Å². The van der Waals surface area contributed by atoms with E-state index in [2.05, 4.69) is 0 Å². The zero-order chi connectivity index (χ0) is 18.1. The van der Waals surface area contributed by atoms with Gasteiger partial charge in [0.15, 0.2) is 11.7 Å². The summed E-state index contributed by atoms with van der Waals surface area (Å²) in [6, 6.07) is 6.57. The van der Waals surface area contributed by atoms with Crippen LogP contribution in [-0.2, 0) is 19.1 Å². The summed E-state index contributed by atoms with van der Waals surface area (Å²) < 4.78 is 10.1. The van der Waals surface area contributed by atoms with Crippen LogP contribution in [0.2, 0.25) is 5.02 Å². The molecule has 2 rings (SSSR count). The molecule has 130 valence electrons. The van der Waals surface area contributed by atoms with Crippen LogP contribution in [0.1, 0.15) is 37.6 Å². The summed E-state index contributed by atoms with van der Waals surface area (Å²) in [7, 11) is 1.22. The van der Waals surface area contributed by atoms with Crippen LogP contribution >= 0.6 is 11.6 Å². The molecule has 0 amide bonds. The molecule has 1 aliphatic heterocycles. The van der Waals surface area contributed by atoms with Gasteiger partial charge in [-0.2, -0.15) is 0 Å². The molecule has 0 N–H and O–H groups in total. The first-order chi connectivity index (χ1) is 11.2. The van der Waals surface area contributed by atoms with Crippen molar-refractivity contribution in [3.63, 3.8) is 0 Å². The van der Waals surface area contributed by atoms with Crippen molar-refractivity contribution in [1.82, 2.24) is 0 Å². The Morgan fingerprint density at radius 1 is 1.29 bits per heavy atom. The van der Waals surface area contributed by atoms with Gasteiger partial charge >= 0.3 is 11.9 Å². The van der Waals surface area contributed by atoms with Crippen LogP contribution in [0.3, 0.4) is 0 Å². The summed E-state index contributed by atoms with van der Waals surface area (Å²) >= 11 is 5.87. The van der Waals surface area contributed by atoms with Gasteiger partial charge in [0, 0.05) is 22.4 Å². The van der Waals surface area contributed by atoms with E-state index >= 15 is 0 Å². The summed E-state index contributed by atoms with van der Waals surface area (Å²) in [6.45, 7) is 5.29. The van der Waals surface area contributed by atoms with Crippen LogP contribution < -0.4 is 0 Å². The zero-order valence-electron chi connectivity index (χ0n) is 14.2. The minimum Gasteiger partial charge on any atom is -0.468 e. The van der Waals surface area contributed by atoms with E-state index in [-0.39, 0.29) is 5.78 Å². The van der Waals surface area contributed by atoms with E-state index in [0.717, 1.165) is 0 Å². The van der Waals surface area contributed by atoms with Gasteiger partial charge in [-0.15, -0.1) is 0 Å². The zero-order valence-corrected chi connectivity index (χ0v) is 14.9. The highest BCUT2D eigenvalue weighted by atomic mass is 35.5. The van der Waals surface area contributed by atoms with Crippen molar-refractivity contribution >= 4 is 29.3 Å². The molecule has 1 aromatic rings. The maximum atomic E-state index is 13.0. The topological polar surface area (TPSA) is 69.7 Å². The third-order valence-corrected chi connectivity index (χ3v) is 4.83. The number of carbonyl (C=O) groups is 3. The van der Waals surface area contributed by atoms with Gasteiger partial charge in [0.1, 0.15) is 5.60 Å². The first-order valence-corrected chi connectivity index (χ1v) is 8.21. The summed E-state index contributed by atoms with van der Waals surface area (Å²) in [5, 5.41) is 0.534. The number of carbonyl (C=O) groups excluding carboxylic acids is 3. The standard InChI is InChI=1S/C18H21ClO5/c1-5-12(15(20)10-6-8-11(19)9-7-10)14-13(16(21)23-4)17(22)24-18(14,2)3/h6-9,12-14H,5H2,1-4H3/t12-,13-,14-/m1/s1. The van der Waals surface area contributed by atoms with Gasteiger partial charge in [-0.05, 0) is 44.5 Å². The molecule has 3 atom stereocenters. The Morgan fingerprint density at radius 2 is 1.88 bits per heavy atom. The van der Waals surface area contributed by atoms with Crippen molar-refractivity contribution < 1.29 is 23.9 Å².